The summed E-state index contributed by atoms with van der Waals surface area (Å²) < 4.78 is 0. The summed E-state index contributed by atoms with van der Waals surface area (Å²) in [5.74, 6) is -0.744. The number of carbonyl (C=O) groups is 1. The largest absolute Gasteiger partial charge is 0.508 e. The van der Waals surface area contributed by atoms with E-state index in [0.29, 0.717) is 5.33 Å². The maximum Gasteiger partial charge on any atom is 0.255 e. The molecule has 5 heteroatoms. The van der Waals surface area contributed by atoms with Gasteiger partial charge in [0.15, 0.2) is 0 Å². The number of hydrogen-bond donors (Lipinski definition) is 3. The first kappa shape index (κ1) is 15.4. The minimum Gasteiger partial charge on any atom is -0.508 e. The fourth-order valence-electron chi connectivity index (χ4n) is 2.02. The Bertz CT molecular complexity index is 645. The lowest BCUT2D eigenvalue weighted by Gasteiger charge is -2.29. The summed E-state index contributed by atoms with van der Waals surface area (Å²) in [7, 11) is 0. The van der Waals surface area contributed by atoms with Crippen molar-refractivity contribution in [3.8, 4) is 11.5 Å². The Kier molecular flexibility index (Phi) is 4.53. The molecule has 0 aliphatic carbocycles. The summed E-state index contributed by atoms with van der Waals surface area (Å²) in [6.07, 6.45) is 0. The predicted molar refractivity (Wildman–Crippen MR) is 84.8 cm³/mol. The number of phenolic OH excluding ortho intramolecular Hbond substituents is 2. The Hall–Kier alpha value is -2.01. The van der Waals surface area contributed by atoms with E-state index in [2.05, 4.69) is 21.2 Å². The predicted octanol–water partition coefficient (Wildman–Crippen LogP) is 3.14. The number of aromatic hydroxyl groups is 2. The third-order valence-electron chi connectivity index (χ3n) is 3.29. The molecule has 0 saturated heterocycles. The summed E-state index contributed by atoms with van der Waals surface area (Å²) in [6.45, 7) is 1.90. The van der Waals surface area contributed by atoms with Crippen LogP contribution >= 0.6 is 15.9 Å². The Balaban J connectivity index is 2.28. The summed E-state index contributed by atoms with van der Waals surface area (Å²) in [5.41, 5.74) is 0.465. The molecule has 2 aromatic carbocycles. The van der Waals surface area contributed by atoms with Crippen LogP contribution in [0.1, 0.15) is 22.8 Å². The molecule has 2 aromatic rings. The summed E-state index contributed by atoms with van der Waals surface area (Å²) >= 11 is 3.42. The molecule has 1 unspecified atom stereocenters. The van der Waals surface area contributed by atoms with Crippen molar-refractivity contribution in [2.24, 2.45) is 0 Å². The molecule has 0 aliphatic heterocycles. The van der Waals surface area contributed by atoms with E-state index in [9.17, 15) is 15.0 Å². The number of phenols is 2. The Morgan fingerprint density at radius 1 is 1.19 bits per heavy atom. The molecular formula is C16H16BrNO3. The number of hydrogen-bond acceptors (Lipinski definition) is 3. The van der Waals surface area contributed by atoms with Gasteiger partial charge in [-0.3, -0.25) is 4.79 Å². The first-order valence-corrected chi connectivity index (χ1v) is 7.54. The van der Waals surface area contributed by atoms with E-state index in [1.165, 1.54) is 12.1 Å². The third-order valence-corrected chi connectivity index (χ3v) is 4.42. The minimum atomic E-state index is -0.608. The van der Waals surface area contributed by atoms with Gasteiger partial charge in [0, 0.05) is 11.4 Å². The molecule has 0 spiro atoms. The highest BCUT2D eigenvalue weighted by Crippen LogP contribution is 2.26. The monoisotopic (exact) mass is 349 g/mol. The Morgan fingerprint density at radius 3 is 2.43 bits per heavy atom. The van der Waals surface area contributed by atoms with Crippen molar-refractivity contribution in [1.29, 1.82) is 0 Å². The minimum absolute atomic E-state index is 0.0876. The lowest BCUT2D eigenvalue weighted by molar-refractivity contribution is 0.0911. The molecule has 1 amide bonds. The lowest BCUT2D eigenvalue weighted by Crippen LogP contribution is -2.44. The van der Waals surface area contributed by atoms with Crippen molar-refractivity contribution in [3.05, 3.63) is 59.7 Å². The lowest BCUT2D eigenvalue weighted by atomic mass is 9.94. The fraction of sp³-hybridized carbons (Fsp3) is 0.188. The van der Waals surface area contributed by atoms with Crippen molar-refractivity contribution >= 4 is 21.8 Å². The van der Waals surface area contributed by atoms with Crippen molar-refractivity contribution in [2.75, 3.05) is 5.33 Å². The SMILES string of the molecule is CC(CBr)(NC(=O)c1ccc(O)cc1O)c1ccccc1. The third kappa shape index (κ3) is 3.36. The van der Waals surface area contributed by atoms with Gasteiger partial charge >= 0.3 is 0 Å². The molecule has 0 aliphatic rings. The molecule has 0 heterocycles. The van der Waals surface area contributed by atoms with Crippen molar-refractivity contribution in [2.45, 2.75) is 12.5 Å². The number of benzene rings is 2. The maximum atomic E-state index is 12.4. The molecule has 110 valence electrons. The smallest absolute Gasteiger partial charge is 0.255 e. The van der Waals surface area contributed by atoms with E-state index < -0.39 is 11.4 Å². The molecule has 4 nitrogen and oxygen atoms in total. The average Bonchev–Trinajstić information content (AvgIpc) is 2.47. The molecule has 2 rings (SSSR count). The molecule has 0 fully saturated rings. The molecule has 0 radical (unpaired) electrons. The van der Waals surface area contributed by atoms with Crippen LogP contribution in [0.3, 0.4) is 0 Å². The van der Waals surface area contributed by atoms with Crippen LogP contribution in [0.4, 0.5) is 0 Å². The van der Waals surface area contributed by atoms with Crippen molar-refractivity contribution in [1.82, 2.24) is 5.32 Å². The zero-order valence-corrected chi connectivity index (χ0v) is 13.1. The van der Waals surface area contributed by atoms with E-state index in [-0.39, 0.29) is 17.1 Å². The average molecular weight is 350 g/mol. The fourth-order valence-corrected chi connectivity index (χ4v) is 2.48. The van der Waals surface area contributed by atoms with Gasteiger partial charge in [-0.1, -0.05) is 46.3 Å². The zero-order chi connectivity index (χ0) is 15.5. The van der Waals surface area contributed by atoms with Gasteiger partial charge in [-0.15, -0.1) is 0 Å². The van der Waals surface area contributed by atoms with Gasteiger partial charge in [0.25, 0.3) is 5.91 Å². The summed E-state index contributed by atoms with van der Waals surface area (Å²) in [6, 6.07) is 13.5. The zero-order valence-electron chi connectivity index (χ0n) is 11.5. The standard InChI is InChI=1S/C16H16BrNO3/c1-16(10-17,11-5-3-2-4-6-11)18-15(21)13-8-7-12(19)9-14(13)20/h2-9,19-20H,10H2,1H3,(H,18,21). The van der Waals surface area contributed by atoms with Crippen LogP contribution in [0, 0.1) is 0 Å². The van der Waals surface area contributed by atoms with Crippen molar-refractivity contribution < 1.29 is 15.0 Å². The second kappa shape index (κ2) is 6.18. The van der Waals surface area contributed by atoms with Crippen LogP contribution in [-0.4, -0.2) is 21.5 Å². The Labute approximate surface area is 131 Å². The molecule has 0 aromatic heterocycles. The molecule has 0 bridgehead atoms. The summed E-state index contributed by atoms with van der Waals surface area (Å²) in [5, 5.41) is 22.5. The van der Waals surface area contributed by atoms with Crippen LogP contribution < -0.4 is 5.32 Å². The molecule has 21 heavy (non-hydrogen) atoms. The quantitative estimate of drug-likeness (QED) is 0.742. The van der Waals surface area contributed by atoms with E-state index in [1.54, 1.807) is 0 Å². The van der Waals surface area contributed by atoms with Crippen LogP contribution in [0.2, 0.25) is 0 Å². The summed E-state index contributed by atoms with van der Waals surface area (Å²) in [4.78, 5) is 12.4. The van der Waals surface area contributed by atoms with E-state index in [1.807, 2.05) is 37.3 Å². The van der Waals surface area contributed by atoms with Crippen LogP contribution in [0.25, 0.3) is 0 Å². The molecule has 0 saturated carbocycles. The van der Waals surface area contributed by atoms with Gasteiger partial charge in [0.2, 0.25) is 0 Å². The first-order chi connectivity index (χ1) is 9.96. The molecular weight excluding hydrogens is 334 g/mol. The maximum absolute atomic E-state index is 12.4. The second-order valence-corrected chi connectivity index (χ2v) is 5.55. The molecule has 3 N–H and O–H groups in total. The Morgan fingerprint density at radius 2 is 1.86 bits per heavy atom. The van der Waals surface area contributed by atoms with E-state index in [4.69, 9.17) is 0 Å². The number of rotatable bonds is 4. The highest BCUT2D eigenvalue weighted by molar-refractivity contribution is 9.09. The number of halogens is 1. The first-order valence-electron chi connectivity index (χ1n) is 6.42. The normalized spacial score (nSPS) is 13.4. The van der Waals surface area contributed by atoms with Gasteiger partial charge in [-0.05, 0) is 24.6 Å². The van der Waals surface area contributed by atoms with Gasteiger partial charge in [-0.25, -0.2) is 0 Å². The highest BCUT2D eigenvalue weighted by Gasteiger charge is 2.28. The van der Waals surface area contributed by atoms with E-state index >= 15 is 0 Å². The number of carbonyl (C=O) groups excluding carboxylic acids is 1. The number of nitrogens with one attached hydrogen (secondary N) is 1. The van der Waals surface area contributed by atoms with Crippen LogP contribution in [-0.2, 0) is 5.54 Å². The van der Waals surface area contributed by atoms with Gasteiger partial charge in [-0.2, -0.15) is 0 Å². The van der Waals surface area contributed by atoms with Crippen molar-refractivity contribution in [3.63, 3.8) is 0 Å². The number of amides is 1. The highest BCUT2D eigenvalue weighted by atomic mass is 79.9. The van der Waals surface area contributed by atoms with E-state index in [0.717, 1.165) is 11.6 Å². The van der Waals surface area contributed by atoms with Crippen LogP contribution in [0.15, 0.2) is 48.5 Å². The van der Waals surface area contributed by atoms with Crippen LogP contribution in [0.5, 0.6) is 11.5 Å². The molecule has 1 atom stereocenters. The van der Waals surface area contributed by atoms with Gasteiger partial charge in [0.1, 0.15) is 11.5 Å². The second-order valence-electron chi connectivity index (χ2n) is 4.99. The topological polar surface area (TPSA) is 69.6 Å². The van der Waals surface area contributed by atoms with Gasteiger partial charge in [0.05, 0.1) is 11.1 Å². The number of alkyl halides is 1. The van der Waals surface area contributed by atoms with Gasteiger partial charge < -0.3 is 15.5 Å².